The van der Waals surface area contributed by atoms with Gasteiger partial charge in [-0.1, -0.05) is 6.07 Å². The third-order valence-corrected chi connectivity index (χ3v) is 5.83. The minimum atomic E-state index is -4.61. The fourth-order valence-electron chi connectivity index (χ4n) is 3.92. The standard InChI is InChI=1S/C22H25F3N6O5/c1-12(22(23,24)25)26-20(34)15-5-6-16-19(27-15)31(13-7-8-30(16)9-13)21(35)29-17-3-2-4-18(28-17)36-11-14(33)10-32/h2-6,12-14,32-33H,7-11H2,1H3,(H,26,34)(H,28,29,35)/t12-,13+,14-/m1/s1. The van der Waals surface area contributed by atoms with E-state index in [1.807, 2.05) is 10.2 Å². The van der Waals surface area contributed by atoms with Gasteiger partial charge in [-0.15, -0.1) is 0 Å². The van der Waals surface area contributed by atoms with E-state index in [-0.39, 0.29) is 35.9 Å². The molecular weight excluding hydrogens is 485 g/mol. The van der Waals surface area contributed by atoms with Gasteiger partial charge < -0.3 is 25.2 Å². The van der Waals surface area contributed by atoms with Gasteiger partial charge >= 0.3 is 12.2 Å². The van der Waals surface area contributed by atoms with Crippen molar-refractivity contribution in [2.45, 2.75) is 37.7 Å². The highest BCUT2D eigenvalue weighted by molar-refractivity contribution is 6.05. The molecule has 4 rings (SSSR count). The summed E-state index contributed by atoms with van der Waals surface area (Å²) in [6.07, 6.45) is -5.06. The summed E-state index contributed by atoms with van der Waals surface area (Å²) in [7, 11) is 0. The molecule has 194 valence electrons. The number of aromatic nitrogens is 2. The zero-order valence-electron chi connectivity index (χ0n) is 19.2. The highest BCUT2D eigenvalue weighted by atomic mass is 19.4. The number of carbonyl (C=O) groups is 2. The number of urea groups is 1. The number of anilines is 3. The minimum absolute atomic E-state index is 0.113. The summed E-state index contributed by atoms with van der Waals surface area (Å²) in [6, 6.07) is 4.58. The lowest BCUT2D eigenvalue weighted by atomic mass is 10.1. The van der Waals surface area contributed by atoms with Crippen LogP contribution in [0.15, 0.2) is 30.3 Å². The number of rotatable bonds is 7. The lowest BCUT2D eigenvalue weighted by Gasteiger charge is -2.35. The molecule has 11 nitrogen and oxygen atoms in total. The summed E-state index contributed by atoms with van der Waals surface area (Å²) >= 11 is 0. The molecule has 36 heavy (non-hydrogen) atoms. The third-order valence-electron chi connectivity index (χ3n) is 5.83. The second-order valence-corrected chi connectivity index (χ2v) is 8.47. The van der Waals surface area contributed by atoms with Crippen molar-refractivity contribution in [1.82, 2.24) is 15.3 Å². The summed E-state index contributed by atoms with van der Waals surface area (Å²) in [5.74, 6) is -0.590. The number of hydrogen-bond donors (Lipinski definition) is 4. The maximum atomic E-state index is 13.3. The van der Waals surface area contributed by atoms with Gasteiger partial charge in [0.25, 0.3) is 5.91 Å². The summed E-state index contributed by atoms with van der Waals surface area (Å²) in [4.78, 5) is 37.5. The molecule has 3 amide bonds. The monoisotopic (exact) mass is 510 g/mol. The van der Waals surface area contributed by atoms with E-state index in [4.69, 9.17) is 9.84 Å². The van der Waals surface area contributed by atoms with Crippen LogP contribution in [-0.2, 0) is 0 Å². The maximum Gasteiger partial charge on any atom is 0.408 e. The van der Waals surface area contributed by atoms with E-state index in [2.05, 4.69) is 15.3 Å². The predicted molar refractivity (Wildman–Crippen MR) is 122 cm³/mol. The smallest absolute Gasteiger partial charge is 0.408 e. The maximum absolute atomic E-state index is 13.3. The second kappa shape index (κ2) is 10.1. The fourth-order valence-corrected chi connectivity index (χ4v) is 3.92. The number of pyridine rings is 2. The SMILES string of the molecule is C[C@@H](NC(=O)c1ccc2c(n1)N(C(=O)Nc1cccc(OC[C@H](O)CO)n1)[C@H]1CCN2C1)C(F)(F)F. The molecule has 3 atom stereocenters. The fraction of sp³-hybridized carbons (Fsp3) is 0.455. The van der Waals surface area contributed by atoms with Gasteiger partial charge in [-0.05, 0) is 31.5 Å². The molecule has 1 fully saturated rings. The Morgan fingerprint density at radius 1 is 1.25 bits per heavy atom. The number of nitrogens with one attached hydrogen (secondary N) is 2. The number of aliphatic hydroxyl groups is 2. The van der Waals surface area contributed by atoms with Crippen LogP contribution in [0.1, 0.15) is 23.8 Å². The zero-order chi connectivity index (χ0) is 26.0. The number of fused-ring (bicyclic) bond motifs is 4. The van der Waals surface area contributed by atoms with Crippen LogP contribution in [0.4, 0.5) is 35.3 Å². The van der Waals surface area contributed by atoms with Gasteiger partial charge in [0, 0.05) is 19.2 Å². The molecule has 2 aromatic rings. The molecule has 0 aliphatic carbocycles. The number of hydrogen-bond acceptors (Lipinski definition) is 8. The van der Waals surface area contributed by atoms with Gasteiger partial charge in [-0.2, -0.15) is 18.2 Å². The molecule has 14 heteroatoms. The van der Waals surface area contributed by atoms with Crippen LogP contribution >= 0.6 is 0 Å². The van der Waals surface area contributed by atoms with Crippen LogP contribution in [0, 0.1) is 0 Å². The quantitative estimate of drug-likeness (QED) is 0.440. The van der Waals surface area contributed by atoms with Gasteiger partial charge in [0.05, 0.1) is 18.3 Å². The Morgan fingerprint density at radius 2 is 2.03 bits per heavy atom. The average molecular weight is 510 g/mol. The molecule has 0 aromatic carbocycles. The molecule has 0 saturated carbocycles. The van der Waals surface area contributed by atoms with Crippen molar-refractivity contribution in [1.29, 1.82) is 0 Å². The number of ether oxygens (including phenoxy) is 1. The van der Waals surface area contributed by atoms with Crippen molar-refractivity contribution in [2.24, 2.45) is 0 Å². The number of aliphatic hydroxyl groups excluding tert-OH is 2. The molecule has 4 N–H and O–H groups in total. The summed E-state index contributed by atoms with van der Waals surface area (Å²) in [6.45, 7) is 1.34. The van der Waals surface area contributed by atoms with Crippen molar-refractivity contribution in [3.8, 4) is 5.88 Å². The van der Waals surface area contributed by atoms with Gasteiger partial charge in [0.2, 0.25) is 5.88 Å². The highest BCUT2D eigenvalue weighted by Crippen LogP contribution is 2.39. The van der Waals surface area contributed by atoms with Gasteiger partial charge in [0.15, 0.2) is 5.82 Å². The average Bonchev–Trinajstić information content (AvgIpc) is 3.25. The van der Waals surface area contributed by atoms with E-state index in [0.717, 1.165) is 6.92 Å². The van der Waals surface area contributed by atoms with Crippen LogP contribution < -0.4 is 25.2 Å². The van der Waals surface area contributed by atoms with Crippen LogP contribution in [-0.4, -0.2) is 82.8 Å². The molecule has 2 bridgehead atoms. The Hall–Kier alpha value is -3.65. The van der Waals surface area contributed by atoms with Crippen molar-refractivity contribution in [3.63, 3.8) is 0 Å². The van der Waals surface area contributed by atoms with E-state index in [0.29, 0.717) is 25.2 Å². The van der Waals surface area contributed by atoms with Crippen molar-refractivity contribution in [3.05, 3.63) is 36.0 Å². The van der Waals surface area contributed by atoms with Crippen LogP contribution in [0.25, 0.3) is 0 Å². The van der Waals surface area contributed by atoms with Crippen molar-refractivity contribution >= 4 is 29.3 Å². The summed E-state index contributed by atoms with van der Waals surface area (Å²) < 4.78 is 43.9. The summed E-state index contributed by atoms with van der Waals surface area (Å²) in [5, 5.41) is 22.9. The number of alkyl halides is 3. The van der Waals surface area contributed by atoms with E-state index >= 15 is 0 Å². The predicted octanol–water partition coefficient (Wildman–Crippen LogP) is 1.52. The third kappa shape index (κ3) is 5.44. The van der Waals surface area contributed by atoms with E-state index in [9.17, 15) is 27.9 Å². The molecule has 2 aliphatic rings. The first-order valence-electron chi connectivity index (χ1n) is 11.2. The van der Waals surface area contributed by atoms with Gasteiger partial charge in [-0.3, -0.25) is 15.0 Å². The van der Waals surface area contributed by atoms with E-state index in [1.54, 1.807) is 12.1 Å². The first-order valence-corrected chi connectivity index (χ1v) is 11.2. The molecule has 0 spiro atoms. The number of nitrogens with zero attached hydrogens (tertiary/aromatic N) is 4. The largest absolute Gasteiger partial charge is 0.475 e. The lowest BCUT2D eigenvalue weighted by molar-refractivity contribution is -0.149. The lowest BCUT2D eigenvalue weighted by Crippen LogP contribution is -2.49. The molecule has 1 saturated heterocycles. The van der Waals surface area contributed by atoms with Gasteiger partial charge in [0.1, 0.15) is 30.3 Å². The number of carbonyl (C=O) groups excluding carboxylic acids is 2. The Kier molecular flexibility index (Phi) is 7.17. The topological polar surface area (TPSA) is 140 Å². The minimum Gasteiger partial charge on any atom is -0.475 e. The van der Waals surface area contributed by atoms with Crippen LogP contribution in [0.2, 0.25) is 0 Å². The molecular formula is C22H25F3N6O5. The first-order chi connectivity index (χ1) is 17.1. The molecule has 4 heterocycles. The van der Waals surface area contributed by atoms with E-state index in [1.165, 1.54) is 23.1 Å². The molecule has 0 unspecified atom stereocenters. The Bertz CT molecular complexity index is 1130. The first kappa shape index (κ1) is 25.4. The van der Waals surface area contributed by atoms with Crippen molar-refractivity contribution in [2.75, 3.05) is 41.4 Å². The second-order valence-electron chi connectivity index (χ2n) is 8.47. The summed E-state index contributed by atoms with van der Waals surface area (Å²) in [5.41, 5.74) is 0.337. The normalized spacial score (nSPS) is 18.3. The number of halogens is 3. The Balaban J connectivity index is 1.55. The molecule has 2 aliphatic heterocycles. The van der Waals surface area contributed by atoms with Crippen LogP contribution in [0.5, 0.6) is 5.88 Å². The highest BCUT2D eigenvalue weighted by Gasteiger charge is 2.41. The zero-order valence-corrected chi connectivity index (χ0v) is 19.2. The number of amides is 3. The van der Waals surface area contributed by atoms with Crippen LogP contribution in [0.3, 0.4) is 0 Å². The van der Waals surface area contributed by atoms with Gasteiger partial charge in [-0.25, -0.2) is 9.78 Å². The van der Waals surface area contributed by atoms with E-state index < -0.39 is 36.9 Å². The Labute approximate surface area is 203 Å². The Morgan fingerprint density at radius 3 is 2.75 bits per heavy atom. The molecule has 2 aromatic heterocycles. The molecule has 0 radical (unpaired) electrons. The van der Waals surface area contributed by atoms with Crippen molar-refractivity contribution < 1.29 is 37.7 Å².